The molecular formula is C19H21ClN2O4. The number of nitrogens with one attached hydrogen (secondary N) is 1. The molecule has 2 heterocycles. The summed E-state index contributed by atoms with van der Waals surface area (Å²) in [5.74, 6) is 0.370. The van der Waals surface area contributed by atoms with E-state index in [0.29, 0.717) is 30.6 Å². The molecule has 138 valence electrons. The number of carbonyl (C=O) groups is 1. The van der Waals surface area contributed by atoms with Crippen molar-refractivity contribution in [3.8, 4) is 5.75 Å². The maximum Gasteiger partial charge on any atom is 0.258 e. The highest BCUT2D eigenvalue weighted by molar-refractivity contribution is 6.30. The standard InChI is InChI=1S/C19H21ClN2O4/c20-14-4-6-16(7-5-14)25-13-19(23)22-17-12-24-10-8-18(17)26-11-15-3-1-2-9-21-15/h1-7,9,17-18H,8,10-13H2,(H,22,23)/t17-,18+/m1/s1. The number of hydrogen-bond acceptors (Lipinski definition) is 5. The van der Waals surface area contributed by atoms with Gasteiger partial charge in [0, 0.05) is 17.8 Å². The van der Waals surface area contributed by atoms with Gasteiger partial charge < -0.3 is 19.5 Å². The minimum Gasteiger partial charge on any atom is -0.484 e. The molecule has 1 amide bonds. The summed E-state index contributed by atoms with van der Waals surface area (Å²) in [6.07, 6.45) is 2.33. The van der Waals surface area contributed by atoms with E-state index >= 15 is 0 Å². The molecule has 3 rings (SSSR count). The second kappa shape index (κ2) is 9.52. The van der Waals surface area contributed by atoms with Crippen LogP contribution in [0.1, 0.15) is 12.1 Å². The number of pyridine rings is 1. The monoisotopic (exact) mass is 376 g/mol. The van der Waals surface area contributed by atoms with Crippen LogP contribution in [0.3, 0.4) is 0 Å². The van der Waals surface area contributed by atoms with Gasteiger partial charge >= 0.3 is 0 Å². The zero-order valence-electron chi connectivity index (χ0n) is 14.3. The predicted molar refractivity (Wildman–Crippen MR) is 97.1 cm³/mol. The first kappa shape index (κ1) is 18.6. The number of hydrogen-bond donors (Lipinski definition) is 1. The minimum atomic E-state index is -0.220. The molecule has 0 unspecified atom stereocenters. The van der Waals surface area contributed by atoms with Gasteiger partial charge in [0.2, 0.25) is 0 Å². The molecule has 7 heteroatoms. The van der Waals surface area contributed by atoms with E-state index in [0.717, 1.165) is 12.1 Å². The highest BCUT2D eigenvalue weighted by Gasteiger charge is 2.28. The molecule has 1 saturated heterocycles. The number of nitrogens with zero attached hydrogens (tertiary/aromatic N) is 1. The van der Waals surface area contributed by atoms with Crippen LogP contribution in [0.5, 0.6) is 5.75 Å². The molecule has 0 bridgehead atoms. The van der Waals surface area contributed by atoms with Crippen LogP contribution < -0.4 is 10.1 Å². The van der Waals surface area contributed by atoms with Crippen molar-refractivity contribution in [3.63, 3.8) is 0 Å². The summed E-state index contributed by atoms with van der Waals surface area (Å²) >= 11 is 5.83. The van der Waals surface area contributed by atoms with Crippen LogP contribution in [-0.2, 0) is 20.9 Å². The van der Waals surface area contributed by atoms with Crippen LogP contribution in [0.15, 0.2) is 48.7 Å². The molecule has 0 spiro atoms. The number of rotatable bonds is 7. The normalized spacial score (nSPS) is 19.7. The number of aromatic nitrogens is 1. The second-order valence-corrected chi connectivity index (χ2v) is 6.39. The largest absolute Gasteiger partial charge is 0.484 e. The van der Waals surface area contributed by atoms with Gasteiger partial charge in [0.1, 0.15) is 5.75 Å². The van der Waals surface area contributed by atoms with Crippen molar-refractivity contribution in [2.24, 2.45) is 0 Å². The number of amides is 1. The molecule has 1 aromatic carbocycles. The van der Waals surface area contributed by atoms with Crippen molar-refractivity contribution < 1.29 is 19.0 Å². The van der Waals surface area contributed by atoms with Gasteiger partial charge in [-0.15, -0.1) is 0 Å². The van der Waals surface area contributed by atoms with Gasteiger partial charge in [-0.25, -0.2) is 0 Å². The lowest BCUT2D eigenvalue weighted by molar-refractivity contribution is -0.128. The molecule has 6 nitrogen and oxygen atoms in total. The van der Waals surface area contributed by atoms with E-state index in [4.69, 9.17) is 25.8 Å². The zero-order chi connectivity index (χ0) is 18.2. The van der Waals surface area contributed by atoms with E-state index in [1.807, 2.05) is 18.2 Å². The number of carbonyl (C=O) groups excluding carboxylic acids is 1. The third-order valence-electron chi connectivity index (χ3n) is 3.99. The molecule has 26 heavy (non-hydrogen) atoms. The number of ether oxygens (including phenoxy) is 3. The molecule has 0 saturated carbocycles. The maximum absolute atomic E-state index is 12.2. The topological polar surface area (TPSA) is 69.7 Å². The third-order valence-corrected chi connectivity index (χ3v) is 4.25. The molecule has 1 N–H and O–H groups in total. The first-order valence-corrected chi connectivity index (χ1v) is 8.85. The average Bonchev–Trinajstić information content (AvgIpc) is 2.68. The molecule has 1 aromatic heterocycles. The highest BCUT2D eigenvalue weighted by Crippen LogP contribution is 2.16. The molecule has 1 fully saturated rings. The third kappa shape index (κ3) is 5.69. The number of benzene rings is 1. The molecule has 2 atom stereocenters. The quantitative estimate of drug-likeness (QED) is 0.804. The summed E-state index contributed by atoms with van der Waals surface area (Å²) < 4.78 is 16.9. The van der Waals surface area contributed by atoms with Crippen LogP contribution in [-0.4, -0.2) is 42.9 Å². The van der Waals surface area contributed by atoms with Crippen LogP contribution in [0.2, 0.25) is 5.02 Å². The first-order valence-electron chi connectivity index (χ1n) is 8.48. The summed E-state index contributed by atoms with van der Waals surface area (Å²) in [4.78, 5) is 16.4. The Kier molecular flexibility index (Phi) is 6.82. The lowest BCUT2D eigenvalue weighted by Gasteiger charge is -2.32. The fraction of sp³-hybridized carbons (Fsp3) is 0.368. The summed E-state index contributed by atoms with van der Waals surface area (Å²) in [6.45, 7) is 1.35. The predicted octanol–water partition coefficient (Wildman–Crippen LogP) is 2.60. The fourth-order valence-corrected chi connectivity index (χ4v) is 2.78. The fourth-order valence-electron chi connectivity index (χ4n) is 2.66. The summed E-state index contributed by atoms with van der Waals surface area (Å²) in [5.41, 5.74) is 0.857. The van der Waals surface area contributed by atoms with E-state index in [2.05, 4.69) is 10.3 Å². The van der Waals surface area contributed by atoms with E-state index in [-0.39, 0.29) is 24.7 Å². The van der Waals surface area contributed by atoms with Gasteiger partial charge in [0.25, 0.3) is 5.91 Å². The Labute approximate surface area is 157 Å². The maximum atomic E-state index is 12.2. The summed E-state index contributed by atoms with van der Waals surface area (Å²) in [5, 5.41) is 3.55. The Hall–Kier alpha value is -2.15. The Morgan fingerprint density at radius 3 is 2.88 bits per heavy atom. The SMILES string of the molecule is O=C(COc1ccc(Cl)cc1)N[C@@H]1COCC[C@@H]1OCc1ccccn1. The van der Waals surface area contributed by atoms with Crippen molar-refractivity contribution in [1.82, 2.24) is 10.3 Å². The zero-order valence-corrected chi connectivity index (χ0v) is 15.0. The molecular weight excluding hydrogens is 356 g/mol. The van der Waals surface area contributed by atoms with Gasteiger partial charge in [0.15, 0.2) is 6.61 Å². The number of halogens is 1. The van der Waals surface area contributed by atoms with Crippen LogP contribution in [0, 0.1) is 0 Å². The highest BCUT2D eigenvalue weighted by atomic mass is 35.5. The Balaban J connectivity index is 1.47. The minimum absolute atomic E-state index is 0.0783. The summed E-state index contributed by atoms with van der Waals surface area (Å²) in [7, 11) is 0. The lowest BCUT2D eigenvalue weighted by Crippen LogP contribution is -2.51. The summed E-state index contributed by atoms with van der Waals surface area (Å²) in [6, 6.07) is 12.3. The van der Waals surface area contributed by atoms with Crippen molar-refractivity contribution in [2.45, 2.75) is 25.2 Å². The lowest BCUT2D eigenvalue weighted by atomic mass is 10.1. The van der Waals surface area contributed by atoms with E-state index < -0.39 is 0 Å². The molecule has 1 aliphatic heterocycles. The van der Waals surface area contributed by atoms with Gasteiger partial charge in [-0.05, 0) is 42.8 Å². The van der Waals surface area contributed by atoms with Gasteiger partial charge in [-0.3, -0.25) is 9.78 Å². The van der Waals surface area contributed by atoms with E-state index in [1.165, 1.54) is 0 Å². The van der Waals surface area contributed by atoms with E-state index in [1.54, 1.807) is 30.5 Å². The average molecular weight is 377 g/mol. The first-order chi connectivity index (χ1) is 12.7. The Morgan fingerprint density at radius 1 is 1.27 bits per heavy atom. The van der Waals surface area contributed by atoms with Crippen LogP contribution >= 0.6 is 11.6 Å². The van der Waals surface area contributed by atoms with Gasteiger partial charge in [0.05, 0.1) is 31.1 Å². The molecule has 0 radical (unpaired) electrons. The van der Waals surface area contributed by atoms with Crippen molar-refractivity contribution >= 4 is 17.5 Å². The van der Waals surface area contributed by atoms with Gasteiger partial charge in [-0.1, -0.05) is 17.7 Å². The molecule has 0 aliphatic carbocycles. The van der Waals surface area contributed by atoms with Crippen molar-refractivity contribution in [3.05, 3.63) is 59.4 Å². The molecule has 1 aliphatic rings. The second-order valence-electron chi connectivity index (χ2n) is 5.95. The van der Waals surface area contributed by atoms with Crippen molar-refractivity contribution in [1.29, 1.82) is 0 Å². The Bertz CT molecular complexity index is 696. The smallest absolute Gasteiger partial charge is 0.258 e. The van der Waals surface area contributed by atoms with Crippen LogP contribution in [0.4, 0.5) is 0 Å². The molecule has 2 aromatic rings. The van der Waals surface area contributed by atoms with E-state index in [9.17, 15) is 4.79 Å². The van der Waals surface area contributed by atoms with Gasteiger partial charge in [-0.2, -0.15) is 0 Å². The van der Waals surface area contributed by atoms with Crippen molar-refractivity contribution in [2.75, 3.05) is 19.8 Å². The Morgan fingerprint density at radius 2 is 2.12 bits per heavy atom. The van der Waals surface area contributed by atoms with Crippen LogP contribution in [0.25, 0.3) is 0 Å².